The van der Waals surface area contributed by atoms with Crippen molar-refractivity contribution in [3.63, 3.8) is 0 Å². The van der Waals surface area contributed by atoms with Crippen molar-refractivity contribution >= 4 is 5.91 Å². The number of carbonyl (C=O) groups is 1. The second-order valence-corrected chi connectivity index (χ2v) is 5.34. The summed E-state index contributed by atoms with van der Waals surface area (Å²) in [4.78, 5) is 14.2. The number of nitrogens with zero attached hydrogens (tertiary/aromatic N) is 1. The fraction of sp³-hybridized carbons (Fsp3) is 0.917. The van der Waals surface area contributed by atoms with Crippen molar-refractivity contribution in [1.82, 2.24) is 10.2 Å². The summed E-state index contributed by atoms with van der Waals surface area (Å²) in [6.07, 6.45) is 3.24. The van der Waals surface area contributed by atoms with Crippen molar-refractivity contribution in [2.75, 3.05) is 19.6 Å². The summed E-state index contributed by atoms with van der Waals surface area (Å²) in [5.41, 5.74) is 5.20. The summed E-state index contributed by atoms with van der Waals surface area (Å²) in [6.45, 7) is 7.32. The van der Waals surface area contributed by atoms with Crippen molar-refractivity contribution in [2.24, 2.45) is 11.7 Å². The Balaban J connectivity index is 2.19. The summed E-state index contributed by atoms with van der Waals surface area (Å²) in [6, 6.07) is 0.355. The smallest absolute Gasteiger partial charge is 0.239 e. The average Bonchev–Trinajstić information content (AvgIpc) is 2.30. The first-order chi connectivity index (χ1) is 7.58. The van der Waals surface area contributed by atoms with Crippen LogP contribution in [-0.4, -0.2) is 42.0 Å². The van der Waals surface area contributed by atoms with E-state index in [9.17, 15) is 4.79 Å². The highest BCUT2D eigenvalue weighted by Crippen LogP contribution is 2.36. The van der Waals surface area contributed by atoms with Crippen LogP contribution >= 0.6 is 0 Å². The van der Waals surface area contributed by atoms with Crippen LogP contribution in [0.25, 0.3) is 0 Å². The fourth-order valence-electron chi connectivity index (χ4n) is 3.12. The van der Waals surface area contributed by atoms with E-state index >= 15 is 0 Å². The molecular formula is C12H23N3O. The predicted octanol–water partition coefficient (Wildman–Crippen LogP) is 0.324. The zero-order chi connectivity index (χ0) is 11.8. The summed E-state index contributed by atoms with van der Waals surface area (Å²) in [5, 5.41) is 3.50. The van der Waals surface area contributed by atoms with Crippen molar-refractivity contribution in [3.8, 4) is 0 Å². The molecule has 2 atom stereocenters. The molecule has 0 radical (unpaired) electrons. The molecule has 0 aromatic carbocycles. The number of carbonyl (C=O) groups excluding carboxylic acids is 1. The van der Waals surface area contributed by atoms with Gasteiger partial charge in [0.1, 0.15) is 5.54 Å². The quantitative estimate of drug-likeness (QED) is 0.724. The Morgan fingerprint density at radius 1 is 1.56 bits per heavy atom. The second-order valence-electron chi connectivity index (χ2n) is 5.34. The lowest BCUT2D eigenvalue weighted by Gasteiger charge is -2.52. The van der Waals surface area contributed by atoms with Gasteiger partial charge < -0.3 is 10.6 Å². The fourth-order valence-corrected chi connectivity index (χ4v) is 3.12. The first-order valence-electron chi connectivity index (χ1n) is 6.38. The van der Waals surface area contributed by atoms with Crippen LogP contribution in [0.2, 0.25) is 0 Å². The van der Waals surface area contributed by atoms with Crippen LogP contribution in [0.15, 0.2) is 0 Å². The van der Waals surface area contributed by atoms with Gasteiger partial charge in [0.2, 0.25) is 5.91 Å². The molecule has 3 fully saturated rings. The van der Waals surface area contributed by atoms with E-state index in [1.165, 1.54) is 0 Å². The molecule has 92 valence electrons. The third-order valence-electron chi connectivity index (χ3n) is 4.31. The highest BCUT2D eigenvalue weighted by molar-refractivity contribution is 5.86. The molecule has 2 bridgehead atoms. The number of hydrogen-bond donors (Lipinski definition) is 2. The molecule has 2 unspecified atom stereocenters. The third-order valence-corrected chi connectivity index (χ3v) is 4.31. The van der Waals surface area contributed by atoms with E-state index in [4.69, 9.17) is 5.73 Å². The van der Waals surface area contributed by atoms with Crippen molar-refractivity contribution in [2.45, 2.75) is 44.7 Å². The van der Waals surface area contributed by atoms with Gasteiger partial charge in [-0.3, -0.25) is 10.1 Å². The normalized spacial score (nSPS) is 39.6. The molecule has 3 rings (SSSR count). The van der Waals surface area contributed by atoms with Crippen LogP contribution in [0.1, 0.15) is 33.1 Å². The lowest BCUT2D eigenvalue weighted by molar-refractivity contribution is -0.133. The third kappa shape index (κ3) is 1.84. The van der Waals surface area contributed by atoms with Crippen molar-refractivity contribution < 1.29 is 4.79 Å². The number of primary amides is 1. The van der Waals surface area contributed by atoms with E-state index in [0.29, 0.717) is 12.0 Å². The SMILES string of the molecule is CCC(C)NC1(C(N)=O)CN2CCC1CC2. The topological polar surface area (TPSA) is 58.4 Å². The van der Waals surface area contributed by atoms with Gasteiger partial charge in [0, 0.05) is 12.6 Å². The second kappa shape index (κ2) is 4.34. The molecule has 4 nitrogen and oxygen atoms in total. The van der Waals surface area contributed by atoms with Gasteiger partial charge in [-0.05, 0) is 45.2 Å². The minimum absolute atomic E-state index is 0.165. The monoisotopic (exact) mass is 225 g/mol. The Labute approximate surface area is 97.6 Å². The summed E-state index contributed by atoms with van der Waals surface area (Å²) < 4.78 is 0. The maximum absolute atomic E-state index is 11.9. The molecule has 0 aromatic rings. The number of nitrogens with one attached hydrogen (secondary N) is 1. The molecule has 0 aliphatic carbocycles. The van der Waals surface area contributed by atoms with E-state index in [1.807, 2.05) is 0 Å². The molecule has 3 heterocycles. The van der Waals surface area contributed by atoms with E-state index in [-0.39, 0.29) is 5.91 Å². The number of rotatable bonds is 4. The van der Waals surface area contributed by atoms with Crippen molar-refractivity contribution in [1.29, 1.82) is 0 Å². The number of amides is 1. The first-order valence-corrected chi connectivity index (χ1v) is 6.38. The molecule has 4 heteroatoms. The Hall–Kier alpha value is -0.610. The maximum Gasteiger partial charge on any atom is 0.239 e. The lowest BCUT2D eigenvalue weighted by atomic mass is 9.72. The first kappa shape index (κ1) is 11.9. The molecular weight excluding hydrogens is 202 g/mol. The van der Waals surface area contributed by atoms with Gasteiger partial charge in [-0.2, -0.15) is 0 Å². The van der Waals surface area contributed by atoms with Crippen LogP contribution in [0.5, 0.6) is 0 Å². The predicted molar refractivity (Wildman–Crippen MR) is 64.0 cm³/mol. The molecule has 3 saturated heterocycles. The molecule has 1 amide bonds. The van der Waals surface area contributed by atoms with E-state index in [1.54, 1.807) is 0 Å². The Bertz CT molecular complexity index is 273. The Morgan fingerprint density at radius 3 is 2.56 bits per heavy atom. The van der Waals surface area contributed by atoms with Gasteiger partial charge in [0.15, 0.2) is 0 Å². The van der Waals surface area contributed by atoms with Gasteiger partial charge in [-0.25, -0.2) is 0 Å². The van der Waals surface area contributed by atoms with E-state index in [0.717, 1.165) is 38.9 Å². The minimum Gasteiger partial charge on any atom is -0.368 e. The van der Waals surface area contributed by atoms with Gasteiger partial charge in [-0.15, -0.1) is 0 Å². The molecule has 0 saturated carbocycles. The zero-order valence-electron chi connectivity index (χ0n) is 10.3. The molecule has 0 aromatic heterocycles. The highest BCUT2D eigenvalue weighted by atomic mass is 16.1. The highest BCUT2D eigenvalue weighted by Gasteiger charge is 2.51. The molecule has 16 heavy (non-hydrogen) atoms. The lowest BCUT2D eigenvalue weighted by Crippen LogP contribution is -2.72. The summed E-state index contributed by atoms with van der Waals surface area (Å²) in [5.74, 6) is 0.270. The summed E-state index contributed by atoms with van der Waals surface area (Å²) in [7, 11) is 0. The number of nitrogens with two attached hydrogens (primary N) is 1. The van der Waals surface area contributed by atoms with Crippen LogP contribution in [-0.2, 0) is 4.79 Å². The van der Waals surface area contributed by atoms with Crippen LogP contribution in [0.4, 0.5) is 0 Å². The van der Waals surface area contributed by atoms with E-state index < -0.39 is 5.54 Å². The number of hydrogen-bond acceptors (Lipinski definition) is 3. The number of fused-ring (bicyclic) bond motifs is 3. The van der Waals surface area contributed by atoms with Gasteiger partial charge in [0.05, 0.1) is 0 Å². The molecule has 3 aliphatic heterocycles. The van der Waals surface area contributed by atoms with Crippen LogP contribution in [0, 0.1) is 5.92 Å². The van der Waals surface area contributed by atoms with E-state index in [2.05, 4.69) is 24.1 Å². The van der Waals surface area contributed by atoms with Gasteiger partial charge in [-0.1, -0.05) is 6.92 Å². The number of piperidine rings is 3. The Kier molecular flexibility index (Phi) is 3.22. The largest absolute Gasteiger partial charge is 0.368 e. The average molecular weight is 225 g/mol. The Morgan fingerprint density at radius 2 is 2.19 bits per heavy atom. The van der Waals surface area contributed by atoms with Crippen LogP contribution < -0.4 is 11.1 Å². The standard InChI is InChI=1S/C12H23N3O/c1-3-9(2)14-12(11(13)16)8-15-6-4-10(12)5-7-15/h9-10,14H,3-8H2,1-2H3,(H2,13,16). The van der Waals surface area contributed by atoms with Crippen LogP contribution in [0.3, 0.4) is 0 Å². The molecule has 3 N–H and O–H groups in total. The molecule has 0 spiro atoms. The maximum atomic E-state index is 11.9. The van der Waals surface area contributed by atoms with Gasteiger partial charge >= 0.3 is 0 Å². The zero-order valence-corrected chi connectivity index (χ0v) is 10.3. The molecule has 3 aliphatic rings. The van der Waals surface area contributed by atoms with Gasteiger partial charge in [0.25, 0.3) is 0 Å². The summed E-state index contributed by atoms with van der Waals surface area (Å²) >= 11 is 0. The minimum atomic E-state index is -0.466. The van der Waals surface area contributed by atoms with Crippen molar-refractivity contribution in [3.05, 3.63) is 0 Å².